The average Bonchev–Trinajstić information content (AvgIpc) is 2.52. The summed E-state index contributed by atoms with van der Waals surface area (Å²) in [5, 5.41) is 8.92. The number of nitrogens with zero attached hydrogens (tertiary/aromatic N) is 2. The molecule has 1 aliphatic heterocycles. The predicted molar refractivity (Wildman–Crippen MR) is 90.9 cm³/mol. The van der Waals surface area contributed by atoms with Crippen LogP contribution in [0.1, 0.15) is 5.56 Å². The third-order valence-electron chi connectivity index (χ3n) is 4.03. The molecule has 0 saturated carbocycles. The van der Waals surface area contributed by atoms with Crippen LogP contribution in [0.4, 0.5) is 0 Å². The van der Waals surface area contributed by atoms with Crippen LogP contribution in [0.5, 0.6) is 5.75 Å². The molecule has 1 fully saturated rings. The maximum Gasteiger partial charge on any atom is 0.260 e. The second-order valence-corrected chi connectivity index (χ2v) is 7.23. The molecule has 2 amide bonds. The number of likely N-dealkylation sites (N-methyl/N-ethyl adjacent to an activating group) is 2. The second-order valence-electron chi connectivity index (χ2n) is 5.23. The first-order valence-corrected chi connectivity index (χ1v) is 9.29. The number of carbonyl (C=O) groups is 2. The topological polar surface area (TPSA) is 60.9 Å². The van der Waals surface area contributed by atoms with E-state index in [1.807, 2.05) is 12.5 Å². The van der Waals surface area contributed by atoms with Gasteiger partial charge in [0, 0.05) is 20.5 Å². The quantitative estimate of drug-likeness (QED) is 0.902. The minimum atomic E-state index is -0.949. The van der Waals surface area contributed by atoms with Gasteiger partial charge in [0.1, 0.15) is 5.75 Å². The Labute approximate surface area is 139 Å². The van der Waals surface area contributed by atoms with Crippen molar-refractivity contribution < 1.29 is 14.7 Å². The molecule has 0 radical (unpaired) electrons. The van der Waals surface area contributed by atoms with Crippen molar-refractivity contribution in [3.8, 4) is 5.75 Å². The highest BCUT2D eigenvalue weighted by atomic mass is 32.2. The zero-order valence-corrected chi connectivity index (χ0v) is 14.7. The van der Waals surface area contributed by atoms with Crippen LogP contribution in [0.3, 0.4) is 0 Å². The number of phenolic OH excluding ortho intramolecular Hbond substituents is 1. The van der Waals surface area contributed by atoms with Gasteiger partial charge >= 0.3 is 0 Å². The Morgan fingerprint density at radius 2 is 1.77 bits per heavy atom. The Hall–Kier alpha value is -1.34. The largest absolute Gasteiger partial charge is 0.508 e. The normalized spacial score (nSPS) is 25.7. The number of phenols is 1. The smallest absolute Gasteiger partial charge is 0.260 e. The van der Waals surface area contributed by atoms with Crippen LogP contribution in [0.15, 0.2) is 24.3 Å². The zero-order chi connectivity index (χ0) is 16.5. The number of benzene rings is 1. The van der Waals surface area contributed by atoms with Gasteiger partial charge in [-0.1, -0.05) is 12.1 Å². The van der Waals surface area contributed by atoms with Gasteiger partial charge in [-0.3, -0.25) is 9.59 Å². The van der Waals surface area contributed by atoms with Gasteiger partial charge in [0.05, 0.1) is 0 Å². The lowest BCUT2D eigenvalue weighted by Gasteiger charge is -2.48. The molecule has 1 heterocycles. The highest BCUT2D eigenvalue weighted by Gasteiger charge is 2.53. The second kappa shape index (κ2) is 6.42. The highest BCUT2D eigenvalue weighted by Crippen LogP contribution is 2.38. The molecular formula is C15H20N2O3S2. The molecule has 22 heavy (non-hydrogen) atoms. The van der Waals surface area contributed by atoms with Gasteiger partial charge in [-0.15, -0.1) is 23.5 Å². The number of thioether (sulfide) groups is 2. The van der Waals surface area contributed by atoms with Crippen molar-refractivity contribution in [2.24, 2.45) is 0 Å². The van der Waals surface area contributed by atoms with E-state index in [9.17, 15) is 14.7 Å². The number of piperazine rings is 1. The van der Waals surface area contributed by atoms with Crippen LogP contribution in [-0.2, 0) is 16.0 Å². The summed E-state index contributed by atoms with van der Waals surface area (Å²) in [6.07, 6.45) is 4.07. The summed E-state index contributed by atoms with van der Waals surface area (Å²) in [5.74, 6) is 0.0400. The third kappa shape index (κ3) is 2.67. The molecule has 0 aromatic heterocycles. The van der Waals surface area contributed by atoms with Crippen LogP contribution in [-0.4, -0.2) is 63.6 Å². The van der Waals surface area contributed by atoms with Crippen molar-refractivity contribution in [2.75, 3.05) is 26.6 Å². The molecule has 1 aromatic carbocycles. The van der Waals surface area contributed by atoms with Crippen LogP contribution >= 0.6 is 23.5 Å². The van der Waals surface area contributed by atoms with E-state index in [0.717, 1.165) is 5.56 Å². The van der Waals surface area contributed by atoms with Crippen LogP contribution in [0.2, 0.25) is 0 Å². The maximum atomic E-state index is 12.9. The molecule has 2 rings (SSSR count). The van der Waals surface area contributed by atoms with Crippen molar-refractivity contribution in [3.63, 3.8) is 0 Å². The van der Waals surface area contributed by atoms with Crippen LogP contribution in [0, 0.1) is 0 Å². The average molecular weight is 340 g/mol. The van der Waals surface area contributed by atoms with Gasteiger partial charge in [0.15, 0.2) is 10.2 Å². The van der Waals surface area contributed by atoms with Crippen molar-refractivity contribution in [1.82, 2.24) is 9.80 Å². The summed E-state index contributed by atoms with van der Waals surface area (Å²) in [4.78, 5) is 27.7. The Morgan fingerprint density at radius 3 is 2.27 bits per heavy atom. The Kier molecular flexibility index (Phi) is 4.97. The first-order valence-electron chi connectivity index (χ1n) is 6.78. The number of amides is 2. The van der Waals surface area contributed by atoms with Gasteiger partial charge in [0.25, 0.3) is 11.8 Å². The lowest BCUT2D eigenvalue weighted by Crippen LogP contribution is -2.68. The molecule has 0 aliphatic carbocycles. The lowest BCUT2D eigenvalue weighted by atomic mass is 10.0. The SMILES string of the molecule is CS[C@H]1C(=O)N(C)[C@](Cc2ccc(O)cc2)(SC)C(=O)N1C. The maximum absolute atomic E-state index is 12.9. The van der Waals surface area contributed by atoms with E-state index in [-0.39, 0.29) is 17.6 Å². The first-order chi connectivity index (χ1) is 10.4. The molecule has 0 spiro atoms. The number of aromatic hydroxyl groups is 1. The molecule has 1 aromatic rings. The Morgan fingerprint density at radius 1 is 1.18 bits per heavy atom. The molecule has 5 nitrogen and oxygen atoms in total. The number of rotatable bonds is 4. The highest BCUT2D eigenvalue weighted by molar-refractivity contribution is 8.01. The third-order valence-corrected chi connectivity index (χ3v) is 6.26. The number of hydrogen-bond donors (Lipinski definition) is 1. The van der Waals surface area contributed by atoms with Gasteiger partial charge in [0.2, 0.25) is 0 Å². The lowest BCUT2D eigenvalue weighted by molar-refractivity contribution is -0.156. The molecule has 7 heteroatoms. The minimum absolute atomic E-state index is 0.0669. The Balaban J connectivity index is 2.40. The Bertz CT molecular complexity index is 579. The predicted octanol–water partition coefficient (Wildman–Crippen LogP) is 1.61. The van der Waals surface area contributed by atoms with E-state index in [1.165, 1.54) is 28.4 Å². The molecule has 1 N–H and O–H groups in total. The van der Waals surface area contributed by atoms with Gasteiger partial charge in [-0.05, 0) is 30.2 Å². The molecule has 0 bridgehead atoms. The standard InChI is InChI=1S/C15H20N2O3S2/c1-16-13(21-3)12(19)17(2)15(22-4,14(16)20)9-10-5-7-11(18)8-6-10/h5-8,13,18H,9H2,1-4H3/t13-,15+/m0/s1. The molecule has 120 valence electrons. The van der Waals surface area contributed by atoms with Crippen molar-refractivity contribution in [1.29, 1.82) is 0 Å². The molecule has 2 atom stereocenters. The van der Waals surface area contributed by atoms with Crippen molar-refractivity contribution in [2.45, 2.75) is 16.7 Å². The summed E-state index contributed by atoms with van der Waals surface area (Å²) in [6.45, 7) is 0. The van der Waals surface area contributed by atoms with E-state index in [2.05, 4.69) is 0 Å². The van der Waals surface area contributed by atoms with Crippen LogP contribution in [0.25, 0.3) is 0 Å². The number of carbonyl (C=O) groups excluding carboxylic acids is 2. The molecule has 0 unspecified atom stereocenters. The van der Waals surface area contributed by atoms with E-state index in [0.29, 0.717) is 6.42 Å². The zero-order valence-electron chi connectivity index (χ0n) is 13.1. The van der Waals surface area contributed by atoms with Crippen LogP contribution < -0.4 is 0 Å². The molecular weight excluding hydrogens is 320 g/mol. The number of hydrogen-bond acceptors (Lipinski definition) is 5. The van der Waals surface area contributed by atoms with Gasteiger partial charge in [-0.2, -0.15) is 0 Å². The molecule has 1 aliphatic rings. The summed E-state index contributed by atoms with van der Waals surface area (Å²) < 4.78 is 0. The molecule has 1 saturated heterocycles. The van der Waals surface area contributed by atoms with E-state index in [4.69, 9.17) is 0 Å². The van der Waals surface area contributed by atoms with E-state index < -0.39 is 10.2 Å². The van der Waals surface area contributed by atoms with Gasteiger partial charge in [-0.25, -0.2) is 0 Å². The fourth-order valence-electron chi connectivity index (χ4n) is 2.67. The van der Waals surface area contributed by atoms with E-state index >= 15 is 0 Å². The minimum Gasteiger partial charge on any atom is -0.508 e. The summed E-state index contributed by atoms with van der Waals surface area (Å²) in [6, 6.07) is 6.74. The monoisotopic (exact) mass is 340 g/mol. The fourth-order valence-corrected chi connectivity index (χ4v) is 4.44. The summed E-state index contributed by atoms with van der Waals surface area (Å²) in [7, 11) is 3.36. The van der Waals surface area contributed by atoms with Crippen molar-refractivity contribution in [3.05, 3.63) is 29.8 Å². The first kappa shape index (κ1) is 17.0. The fraction of sp³-hybridized carbons (Fsp3) is 0.467. The van der Waals surface area contributed by atoms with Gasteiger partial charge < -0.3 is 14.9 Å². The summed E-state index contributed by atoms with van der Waals surface area (Å²) >= 11 is 2.73. The van der Waals surface area contributed by atoms with E-state index in [1.54, 1.807) is 43.3 Å². The summed E-state index contributed by atoms with van der Waals surface area (Å²) in [5.41, 5.74) is 0.899. The van der Waals surface area contributed by atoms with Crippen molar-refractivity contribution >= 4 is 35.3 Å².